The van der Waals surface area contributed by atoms with Gasteiger partial charge < -0.3 is 14.7 Å². The largest absolute Gasteiger partial charge is 0.488 e. The number of halogens is 1. The first-order valence-corrected chi connectivity index (χ1v) is 7.02. The Labute approximate surface area is 124 Å². The summed E-state index contributed by atoms with van der Waals surface area (Å²) in [6, 6.07) is 5.43. The Morgan fingerprint density at radius 1 is 1.58 bits per heavy atom. The van der Waals surface area contributed by atoms with E-state index in [4.69, 9.17) is 9.84 Å². The number of amides is 1. The Balaban J connectivity index is 2.29. The fourth-order valence-corrected chi connectivity index (χ4v) is 2.50. The molecule has 0 saturated heterocycles. The molecule has 1 unspecified atom stereocenters. The number of hydrogen-bond donors (Lipinski definition) is 1. The number of carbonyl (C=O) groups is 2. The van der Waals surface area contributed by atoms with Crippen LogP contribution in [0.25, 0.3) is 0 Å². The summed E-state index contributed by atoms with van der Waals surface area (Å²) in [4.78, 5) is 24.6. The molecule has 102 valence electrons. The van der Waals surface area contributed by atoms with E-state index in [-0.39, 0.29) is 25.0 Å². The van der Waals surface area contributed by atoms with E-state index in [2.05, 4.69) is 22.6 Å². The Hall–Kier alpha value is -1.31. The first-order valence-electron chi connectivity index (χ1n) is 5.94. The molecule has 0 aromatic heterocycles. The van der Waals surface area contributed by atoms with Crippen LogP contribution in [0.4, 0.5) is 0 Å². The molecule has 1 aliphatic rings. The van der Waals surface area contributed by atoms with E-state index in [1.807, 2.05) is 13.0 Å². The topological polar surface area (TPSA) is 66.8 Å². The van der Waals surface area contributed by atoms with Crippen molar-refractivity contribution in [2.45, 2.75) is 19.4 Å². The van der Waals surface area contributed by atoms with Crippen LogP contribution >= 0.6 is 22.6 Å². The van der Waals surface area contributed by atoms with Gasteiger partial charge in [-0.1, -0.05) is 0 Å². The molecule has 0 bridgehead atoms. The second-order valence-electron chi connectivity index (χ2n) is 4.46. The van der Waals surface area contributed by atoms with Crippen LogP contribution in [0.2, 0.25) is 0 Å². The van der Waals surface area contributed by atoms with Gasteiger partial charge in [0, 0.05) is 10.1 Å². The maximum absolute atomic E-state index is 12.4. The van der Waals surface area contributed by atoms with Crippen LogP contribution in [-0.4, -0.2) is 41.1 Å². The highest BCUT2D eigenvalue weighted by molar-refractivity contribution is 14.1. The van der Waals surface area contributed by atoms with Crippen molar-refractivity contribution in [3.63, 3.8) is 0 Å². The number of aliphatic carboxylic acids is 1. The van der Waals surface area contributed by atoms with E-state index in [1.165, 1.54) is 0 Å². The molecule has 1 amide bonds. The third kappa shape index (κ3) is 3.37. The third-order valence-electron chi connectivity index (χ3n) is 2.86. The molecule has 1 aromatic carbocycles. The zero-order valence-electron chi connectivity index (χ0n) is 10.4. The van der Waals surface area contributed by atoms with Gasteiger partial charge in [0.25, 0.3) is 5.91 Å². The predicted octanol–water partition coefficient (Wildman–Crippen LogP) is 1.99. The van der Waals surface area contributed by atoms with Gasteiger partial charge in [-0.2, -0.15) is 0 Å². The van der Waals surface area contributed by atoms with Gasteiger partial charge in [-0.15, -0.1) is 0 Å². The molecule has 19 heavy (non-hydrogen) atoms. The summed E-state index contributed by atoms with van der Waals surface area (Å²) in [7, 11) is 0. The van der Waals surface area contributed by atoms with E-state index >= 15 is 0 Å². The van der Waals surface area contributed by atoms with Crippen molar-refractivity contribution in [1.29, 1.82) is 0 Å². The molecular weight excluding hydrogens is 361 g/mol. The number of carbonyl (C=O) groups excluding carboxylic acids is 1. The van der Waals surface area contributed by atoms with Crippen molar-refractivity contribution < 1.29 is 19.4 Å². The highest BCUT2D eigenvalue weighted by Crippen LogP contribution is 2.26. The van der Waals surface area contributed by atoms with Gasteiger partial charge in [-0.25, -0.2) is 0 Å². The van der Waals surface area contributed by atoms with E-state index in [1.54, 1.807) is 17.0 Å². The molecule has 6 heteroatoms. The molecule has 1 N–H and O–H groups in total. The molecule has 1 heterocycles. The Morgan fingerprint density at radius 2 is 2.32 bits per heavy atom. The van der Waals surface area contributed by atoms with Crippen molar-refractivity contribution in [2.24, 2.45) is 0 Å². The number of ether oxygens (including phenoxy) is 1. The molecule has 0 aliphatic carbocycles. The first kappa shape index (κ1) is 14.1. The lowest BCUT2D eigenvalue weighted by Crippen LogP contribution is -2.37. The standard InChI is InChI=1S/C13H14INO4/c1-8-7-15(5-4-12(16)17)13(18)10-6-9(14)2-3-11(10)19-8/h2-3,6,8H,4-5,7H2,1H3,(H,16,17). The van der Waals surface area contributed by atoms with Crippen molar-refractivity contribution in [3.8, 4) is 5.75 Å². The monoisotopic (exact) mass is 375 g/mol. The lowest BCUT2D eigenvalue weighted by molar-refractivity contribution is -0.137. The van der Waals surface area contributed by atoms with E-state index < -0.39 is 5.97 Å². The maximum Gasteiger partial charge on any atom is 0.305 e. The minimum Gasteiger partial charge on any atom is -0.488 e. The minimum atomic E-state index is -0.909. The highest BCUT2D eigenvalue weighted by atomic mass is 127. The number of hydrogen-bond acceptors (Lipinski definition) is 3. The Morgan fingerprint density at radius 3 is 3.00 bits per heavy atom. The number of carboxylic acid groups (broad SMARTS) is 1. The molecule has 5 nitrogen and oxygen atoms in total. The van der Waals surface area contributed by atoms with Crippen LogP contribution in [0, 0.1) is 3.57 Å². The fraction of sp³-hybridized carbons (Fsp3) is 0.385. The molecule has 1 aromatic rings. The lowest BCUT2D eigenvalue weighted by atomic mass is 10.1. The molecule has 0 spiro atoms. The number of fused-ring (bicyclic) bond motifs is 1. The normalized spacial score (nSPS) is 18.5. The van der Waals surface area contributed by atoms with Gasteiger partial charge in [0.1, 0.15) is 11.9 Å². The number of rotatable bonds is 3. The number of carboxylic acids is 1. The van der Waals surface area contributed by atoms with Crippen molar-refractivity contribution in [1.82, 2.24) is 4.90 Å². The quantitative estimate of drug-likeness (QED) is 0.821. The zero-order valence-corrected chi connectivity index (χ0v) is 12.6. The summed E-state index contributed by atoms with van der Waals surface area (Å²) in [5.41, 5.74) is 0.502. The zero-order chi connectivity index (χ0) is 14.0. The second kappa shape index (κ2) is 5.77. The maximum atomic E-state index is 12.4. The summed E-state index contributed by atoms with van der Waals surface area (Å²) < 4.78 is 6.65. The summed E-state index contributed by atoms with van der Waals surface area (Å²) >= 11 is 2.13. The average Bonchev–Trinajstić information content (AvgIpc) is 2.45. The molecule has 0 fully saturated rings. The van der Waals surface area contributed by atoms with Crippen LogP contribution in [0.3, 0.4) is 0 Å². The van der Waals surface area contributed by atoms with Gasteiger partial charge in [-0.3, -0.25) is 9.59 Å². The molecule has 0 radical (unpaired) electrons. The van der Waals surface area contributed by atoms with Crippen LogP contribution in [0.1, 0.15) is 23.7 Å². The lowest BCUT2D eigenvalue weighted by Gasteiger charge is -2.21. The SMILES string of the molecule is CC1CN(CCC(=O)O)C(=O)c2cc(I)ccc2O1. The highest BCUT2D eigenvalue weighted by Gasteiger charge is 2.27. The Bertz CT molecular complexity index is 517. The predicted molar refractivity (Wildman–Crippen MR) is 77.4 cm³/mol. The van der Waals surface area contributed by atoms with Crippen LogP contribution < -0.4 is 4.74 Å². The summed E-state index contributed by atoms with van der Waals surface area (Å²) in [5, 5.41) is 8.74. The van der Waals surface area contributed by atoms with Gasteiger partial charge >= 0.3 is 5.97 Å². The minimum absolute atomic E-state index is 0.0578. The van der Waals surface area contributed by atoms with Gasteiger partial charge in [0.05, 0.1) is 18.5 Å². The van der Waals surface area contributed by atoms with Gasteiger partial charge in [0.15, 0.2) is 0 Å². The fourth-order valence-electron chi connectivity index (χ4n) is 2.01. The second-order valence-corrected chi connectivity index (χ2v) is 5.71. The number of benzene rings is 1. The van der Waals surface area contributed by atoms with Crippen molar-refractivity contribution >= 4 is 34.5 Å². The smallest absolute Gasteiger partial charge is 0.305 e. The molecular formula is C13H14INO4. The summed E-state index contributed by atoms with van der Waals surface area (Å²) in [6.07, 6.45) is -0.211. The third-order valence-corrected chi connectivity index (χ3v) is 3.53. The number of nitrogens with zero attached hydrogens (tertiary/aromatic N) is 1. The summed E-state index contributed by atoms with van der Waals surface area (Å²) in [6.45, 7) is 2.47. The van der Waals surface area contributed by atoms with Crippen molar-refractivity contribution in [3.05, 3.63) is 27.3 Å². The average molecular weight is 375 g/mol. The van der Waals surface area contributed by atoms with E-state index in [9.17, 15) is 9.59 Å². The Kier molecular flexibility index (Phi) is 4.28. The van der Waals surface area contributed by atoms with Crippen molar-refractivity contribution in [2.75, 3.05) is 13.1 Å². The molecule has 2 rings (SSSR count). The van der Waals surface area contributed by atoms with E-state index in [0.29, 0.717) is 17.9 Å². The van der Waals surface area contributed by atoms with Crippen LogP contribution in [0.5, 0.6) is 5.75 Å². The molecule has 1 atom stereocenters. The summed E-state index contributed by atoms with van der Waals surface area (Å²) in [5.74, 6) is -0.511. The van der Waals surface area contributed by atoms with E-state index in [0.717, 1.165) is 3.57 Å². The van der Waals surface area contributed by atoms with Gasteiger partial charge in [0.2, 0.25) is 0 Å². The van der Waals surface area contributed by atoms with Crippen LogP contribution in [-0.2, 0) is 4.79 Å². The first-order chi connectivity index (χ1) is 8.97. The van der Waals surface area contributed by atoms with Crippen LogP contribution in [0.15, 0.2) is 18.2 Å². The molecule has 1 aliphatic heterocycles. The molecule has 0 saturated carbocycles. The van der Waals surface area contributed by atoms with Gasteiger partial charge in [-0.05, 0) is 47.7 Å².